The fourth-order valence-electron chi connectivity index (χ4n) is 2.21. The standard InChI is InChI=1S/C17H12ClN3O3S/c18-13-6-4-12(5-7-13)15-10-25-17(19-15)20-16(22)9-11-2-1-3-14(8-11)21(23)24/h1-8,10H,9H2,(H,19,20,22). The molecule has 1 N–H and O–H groups in total. The van der Waals surface area contributed by atoms with E-state index in [-0.39, 0.29) is 18.0 Å². The molecule has 0 spiro atoms. The van der Waals surface area contributed by atoms with Crippen molar-refractivity contribution in [1.82, 2.24) is 4.98 Å². The minimum atomic E-state index is -0.485. The predicted molar refractivity (Wildman–Crippen MR) is 98.0 cm³/mol. The lowest BCUT2D eigenvalue weighted by molar-refractivity contribution is -0.384. The Kier molecular flexibility index (Phi) is 5.06. The Bertz CT molecular complexity index is 925. The maximum Gasteiger partial charge on any atom is 0.269 e. The number of thiazole rings is 1. The summed E-state index contributed by atoms with van der Waals surface area (Å²) < 4.78 is 0. The highest BCUT2D eigenvalue weighted by molar-refractivity contribution is 7.14. The molecule has 8 heteroatoms. The van der Waals surface area contributed by atoms with Crippen molar-refractivity contribution in [1.29, 1.82) is 0 Å². The van der Waals surface area contributed by atoms with Crippen molar-refractivity contribution in [3.8, 4) is 11.3 Å². The Balaban J connectivity index is 1.66. The van der Waals surface area contributed by atoms with Gasteiger partial charge in [-0.05, 0) is 17.7 Å². The minimum Gasteiger partial charge on any atom is -0.302 e. The van der Waals surface area contributed by atoms with Gasteiger partial charge in [0.15, 0.2) is 5.13 Å². The SMILES string of the molecule is O=C(Cc1cccc([N+](=O)[O-])c1)Nc1nc(-c2ccc(Cl)cc2)cs1. The number of hydrogen-bond acceptors (Lipinski definition) is 5. The molecule has 1 heterocycles. The summed E-state index contributed by atoms with van der Waals surface area (Å²) in [6, 6.07) is 13.3. The van der Waals surface area contributed by atoms with Crippen LogP contribution in [0.1, 0.15) is 5.56 Å². The molecule has 0 saturated heterocycles. The van der Waals surface area contributed by atoms with Crippen molar-refractivity contribution in [3.05, 3.63) is 74.6 Å². The lowest BCUT2D eigenvalue weighted by Crippen LogP contribution is -2.14. The van der Waals surface area contributed by atoms with E-state index in [1.807, 2.05) is 17.5 Å². The lowest BCUT2D eigenvalue weighted by atomic mass is 10.1. The van der Waals surface area contributed by atoms with Gasteiger partial charge in [0.25, 0.3) is 5.69 Å². The van der Waals surface area contributed by atoms with Crippen LogP contribution in [-0.4, -0.2) is 15.8 Å². The van der Waals surface area contributed by atoms with Gasteiger partial charge in [0.1, 0.15) is 0 Å². The van der Waals surface area contributed by atoms with Crippen molar-refractivity contribution in [2.45, 2.75) is 6.42 Å². The van der Waals surface area contributed by atoms with Crippen LogP contribution in [0, 0.1) is 10.1 Å². The first-order chi connectivity index (χ1) is 12.0. The summed E-state index contributed by atoms with van der Waals surface area (Å²) in [6.45, 7) is 0. The van der Waals surface area contributed by atoms with E-state index in [2.05, 4.69) is 10.3 Å². The Morgan fingerprint density at radius 1 is 1.24 bits per heavy atom. The molecule has 0 bridgehead atoms. The molecule has 0 saturated carbocycles. The Hall–Kier alpha value is -2.77. The summed E-state index contributed by atoms with van der Waals surface area (Å²) in [5.41, 5.74) is 2.18. The fourth-order valence-corrected chi connectivity index (χ4v) is 3.08. The molecule has 0 unspecified atom stereocenters. The van der Waals surface area contributed by atoms with Gasteiger partial charge in [0.05, 0.1) is 17.0 Å². The number of nitrogens with one attached hydrogen (secondary N) is 1. The molecule has 0 aliphatic heterocycles. The van der Waals surface area contributed by atoms with Crippen molar-refractivity contribution < 1.29 is 9.72 Å². The smallest absolute Gasteiger partial charge is 0.269 e. The number of nitrogens with zero attached hydrogens (tertiary/aromatic N) is 2. The van der Waals surface area contributed by atoms with Crippen LogP contribution in [-0.2, 0) is 11.2 Å². The number of amides is 1. The van der Waals surface area contributed by atoms with Crippen LogP contribution in [0.2, 0.25) is 5.02 Å². The quantitative estimate of drug-likeness (QED) is 0.525. The number of halogens is 1. The van der Waals surface area contributed by atoms with Gasteiger partial charge >= 0.3 is 0 Å². The molecule has 1 aromatic heterocycles. The second kappa shape index (κ2) is 7.42. The molecule has 1 amide bonds. The van der Waals surface area contributed by atoms with Crippen LogP contribution in [0.3, 0.4) is 0 Å². The zero-order valence-electron chi connectivity index (χ0n) is 12.8. The van der Waals surface area contributed by atoms with Gasteiger partial charge < -0.3 is 5.32 Å². The number of carbonyl (C=O) groups excluding carboxylic acids is 1. The zero-order chi connectivity index (χ0) is 17.8. The fraction of sp³-hybridized carbons (Fsp3) is 0.0588. The molecule has 6 nitrogen and oxygen atoms in total. The Labute approximate surface area is 152 Å². The van der Waals surface area contributed by atoms with E-state index in [1.165, 1.54) is 23.5 Å². The monoisotopic (exact) mass is 373 g/mol. The third-order valence-corrected chi connectivity index (χ3v) is 4.39. The molecule has 0 aliphatic carbocycles. The minimum absolute atomic E-state index is 0.0374. The average Bonchev–Trinajstić information content (AvgIpc) is 3.04. The molecule has 25 heavy (non-hydrogen) atoms. The highest BCUT2D eigenvalue weighted by atomic mass is 35.5. The van der Waals surface area contributed by atoms with Crippen LogP contribution in [0.25, 0.3) is 11.3 Å². The molecule has 0 aliphatic rings. The van der Waals surface area contributed by atoms with Crippen LogP contribution in [0.4, 0.5) is 10.8 Å². The Morgan fingerprint density at radius 3 is 2.72 bits per heavy atom. The summed E-state index contributed by atoms with van der Waals surface area (Å²) in [4.78, 5) is 26.8. The summed E-state index contributed by atoms with van der Waals surface area (Å²) in [5, 5.41) is 16.4. The van der Waals surface area contributed by atoms with Gasteiger partial charge in [-0.1, -0.05) is 35.9 Å². The third-order valence-electron chi connectivity index (χ3n) is 3.38. The number of hydrogen-bond donors (Lipinski definition) is 1. The van der Waals surface area contributed by atoms with Gasteiger partial charge in [0, 0.05) is 28.1 Å². The molecule has 2 aromatic carbocycles. The summed E-state index contributed by atoms with van der Waals surface area (Å²) >= 11 is 7.18. The third kappa shape index (κ3) is 4.40. The number of aromatic nitrogens is 1. The van der Waals surface area contributed by atoms with E-state index in [4.69, 9.17) is 11.6 Å². The zero-order valence-corrected chi connectivity index (χ0v) is 14.4. The largest absolute Gasteiger partial charge is 0.302 e. The van der Waals surface area contributed by atoms with E-state index >= 15 is 0 Å². The maximum absolute atomic E-state index is 12.1. The number of nitro groups is 1. The first-order valence-electron chi connectivity index (χ1n) is 7.26. The van der Waals surface area contributed by atoms with Gasteiger partial charge in [-0.3, -0.25) is 14.9 Å². The van der Waals surface area contributed by atoms with E-state index < -0.39 is 4.92 Å². The molecular formula is C17H12ClN3O3S. The second-order valence-electron chi connectivity index (χ2n) is 5.20. The molecule has 0 fully saturated rings. The highest BCUT2D eigenvalue weighted by Gasteiger charge is 2.11. The summed E-state index contributed by atoms with van der Waals surface area (Å²) in [7, 11) is 0. The summed E-state index contributed by atoms with van der Waals surface area (Å²) in [5.74, 6) is -0.280. The number of rotatable bonds is 5. The molecular weight excluding hydrogens is 362 g/mol. The Morgan fingerprint density at radius 2 is 2.00 bits per heavy atom. The lowest BCUT2D eigenvalue weighted by Gasteiger charge is -2.02. The van der Waals surface area contributed by atoms with Crippen molar-refractivity contribution in [2.75, 3.05) is 5.32 Å². The normalized spacial score (nSPS) is 10.4. The highest BCUT2D eigenvalue weighted by Crippen LogP contribution is 2.26. The van der Waals surface area contributed by atoms with Gasteiger partial charge in [-0.25, -0.2) is 4.98 Å². The van der Waals surface area contributed by atoms with Crippen LogP contribution < -0.4 is 5.32 Å². The first kappa shape index (κ1) is 17.1. The van der Waals surface area contributed by atoms with E-state index in [1.54, 1.807) is 24.3 Å². The van der Waals surface area contributed by atoms with Gasteiger partial charge in [-0.2, -0.15) is 0 Å². The molecule has 0 atom stereocenters. The second-order valence-corrected chi connectivity index (χ2v) is 6.49. The van der Waals surface area contributed by atoms with Crippen molar-refractivity contribution in [2.24, 2.45) is 0 Å². The van der Waals surface area contributed by atoms with E-state index in [0.717, 1.165) is 11.3 Å². The van der Waals surface area contributed by atoms with Gasteiger partial charge in [0.2, 0.25) is 5.91 Å². The molecule has 126 valence electrons. The number of anilines is 1. The first-order valence-corrected chi connectivity index (χ1v) is 8.52. The summed E-state index contributed by atoms with van der Waals surface area (Å²) in [6.07, 6.45) is 0.0392. The van der Waals surface area contributed by atoms with Crippen molar-refractivity contribution >= 4 is 39.7 Å². The van der Waals surface area contributed by atoms with Crippen molar-refractivity contribution in [3.63, 3.8) is 0 Å². The van der Waals surface area contributed by atoms with E-state index in [0.29, 0.717) is 15.7 Å². The molecule has 3 aromatic rings. The number of non-ortho nitro benzene ring substituents is 1. The van der Waals surface area contributed by atoms with Crippen LogP contribution in [0.15, 0.2) is 53.9 Å². The number of benzene rings is 2. The maximum atomic E-state index is 12.1. The van der Waals surface area contributed by atoms with Crippen LogP contribution >= 0.6 is 22.9 Å². The van der Waals surface area contributed by atoms with E-state index in [9.17, 15) is 14.9 Å². The number of carbonyl (C=O) groups is 1. The number of nitro benzene ring substituents is 1. The van der Waals surface area contributed by atoms with Gasteiger partial charge in [-0.15, -0.1) is 11.3 Å². The average molecular weight is 374 g/mol. The van der Waals surface area contributed by atoms with Crippen LogP contribution in [0.5, 0.6) is 0 Å². The topological polar surface area (TPSA) is 85.1 Å². The predicted octanol–water partition coefficient (Wildman–Crippen LogP) is 4.55. The molecule has 0 radical (unpaired) electrons. The molecule has 3 rings (SSSR count).